The molecule has 3 nitrogen and oxygen atoms in total. The van der Waals surface area contributed by atoms with Crippen LogP contribution in [0.1, 0.15) is 25.0 Å². The summed E-state index contributed by atoms with van der Waals surface area (Å²) in [5.74, 6) is 0. The Kier molecular flexibility index (Phi) is 3.27. The molecule has 0 spiro atoms. The maximum Gasteiger partial charge on any atom is 0.163 e. The fourth-order valence-electron chi connectivity index (χ4n) is 1.94. The van der Waals surface area contributed by atoms with E-state index in [1.165, 1.54) is 5.56 Å². The van der Waals surface area contributed by atoms with Crippen molar-refractivity contribution in [2.45, 2.75) is 32.5 Å². The predicted molar refractivity (Wildman–Crippen MR) is 71.4 cm³/mol. The second-order valence-electron chi connectivity index (χ2n) is 4.75. The van der Waals surface area contributed by atoms with E-state index in [0.717, 1.165) is 15.7 Å². The van der Waals surface area contributed by atoms with E-state index in [4.69, 9.17) is 9.57 Å². The average Bonchev–Trinajstić information content (AvgIpc) is 2.57. The van der Waals surface area contributed by atoms with E-state index in [9.17, 15) is 0 Å². The highest BCUT2D eigenvalue weighted by Gasteiger charge is 2.42. The molecule has 0 bridgehead atoms. The van der Waals surface area contributed by atoms with E-state index in [0.29, 0.717) is 0 Å². The van der Waals surface area contributed by atoms with Crippen LogP contribution in [0.25, 0.3) is 0 Å². The van der Waals surface area contributed by atoms with Gasteiger partial charge in [-0.05, 0) is 32.4 Å². The molecule has 1 aromatic carbocycles. The molecular weight excluding hydrogens is 282 g/mol. The normalized spacial score (nSPS) is 22.2. The van der Waals surface area contributed by atoms with E-state index in [1.54, 1.807) is 7.11 Å². The third kappa shape index (κ3) is 2.24. The van der Waals surface area contributed by atoms with Gasteiger partial charge in [0.25, 0.3) is 0 Å². The molecule has 0 amide bonds. The highest BCUT2D eigenvalue weighted by atomic mass is 79.9. The number of hydrogen-bond acceptors (Lipinski definition) is 3. The van der Waals surface area contributed by atoms with Crippen molar-refractivity contribution in [2.24, 2.45) is 5.16 Å². The molecule has 0 saturated carbocycles. The van der Waals surface area contributed by atoms with Crippen molar-refractivity contribution in [3.63, 3.8) is 0 Å². The third-order valence-corrected chi connectivity index (χ3v) is 3.82. The average molecular weight is 298 g/mol. The van der Waals surface area contributed by atoms with E-state index in [2.05, 4.69) is 34.1 Å². The van der Waals surface area contributed by atoms with Gasteiger partial charge >= 0.3 is 0 Å². The Morgan fingerprint density at radius 1 is 1.41 bits per heavy atom. The molecule has 4 heteroatoms. The number of nitrogens with zero attached hydrogens (tertiary/aromatic N) is 1. The Bertz CT molecular complexity index is 468. The fourth-order valence-corrected chi connectivity index (χ4v) is 2.32. The van der Waals surface area contributed by atoms with Gasteiger partial charge in [0.1, 0.15) is 11.8 Å². The number of benzene rings is 1. The zero-order valence-corrected chi connectivity index (χ0v) is 12.0. The second kappa shape index (κ2) is 4.42. The first-order valence-electron chi connectivity index (χ1n) is 5.51. The number of methoxy groups -OCH3 is 1. The van der Waals surface area contributed by atoms with Crippen LogP contribution in [0.4, 0.5) is 0 Å². The zero-order chi connectivity index (χ0) is 12.6. The summed E-state index contributed by atoms with van der Waals surface area (Å²) in [6.45, 7) is 6.00. The molecule has 0 aromatic heterocycles. The van der Waals surface area contributed by atoms with Crippen molar-refractivity contribution < 1.29 is 9.57 Å². The Morgan fingerprint density at radius 3 is 2.71 bits per heavy atom. The Balaban J connectivity index is 2.38. The van der Waals surface area contributed by atoms with Crippen LogP contribution >= 0.6 is 15.9 Å². The molecule has 1 aromatic rings. The highest BCUT2D eigenvalue weighted by Crippen LogP contribution is 2.30. The van der Waals surface area contributed by atoms with Gasteiger partial charge in [-0.15, -0.1) is 0 Å². The second-order valence-corrected chi connectivity index (χ2v) is 5.61. The lowest BCUT2D eigenvalue weighted by atomic mass is 9.94. The van der Waals surface area contributed by atoms with Crippen molar-refractivity contribution >= 4 is 21.6 Å². The van der Waals surface area contributed by atoms with Crippen LogP contribution in [0.2, 0.25) is 0 Å². The van der Waals surface area contributed by atoms with Crippen molar-refractivity contribution in [1.82, 2.24) is 0 Å². The fraction of sp³-hybridized carbons (Fsp3) is 0.462. The summed E-state index contributed by atoms with van der Waals surface area (Å²) in [7, 11) is 1.68. The van der Waals surface area contributed by atoms with Gasteiger partial charge in [0, 0.05) is 17.1 Å². The van der Waals surface area contributed by atoms with Gasteiger partial charge in [-0.3, -0.25) is 0 Å². The molecule has 0 saturated heterocycles. The molecule has 0 aliphatic carbocycles. The monoisotopic (exact) mass is 297 g/mol. The summed E-state index contributed by atoms with van der Waals surface area (Å²) in [6.07, 6.45) is -0.142. The molecular formula is C13H16BrNO2. The number of ether oxygens (including phenoxy) is 1. The summed E-state index contributed by atoms with van der Waals surface area (Å²) in [5, 5.41) is 4.15. The largest absolute Gasteiger partial charge is 0.386 e. The van der Waals surface area contributed by atoms with Crippen LogP contribution in [0.3, 0.4) is 0 Å². The topological polar surface area (TPSA) is 30.8 Å². The van der Waals surface area contributed by atoms with Crippen LogP contribution in [0.15, 0.2) is 27.8 Å². The number of oxime groups is 1. The van der Waals surface area contributed by atoms with Crippen molar-refractivity contribution in [2.75, 3.05) is 7.11 Å². The lowest BCUT2D eigenvalue weighted by Gasteiger charge is -2.23. The van der Waals surface area contributed by atoms with Crippen LogP contribution in [0, 0.1) is 6.92 Å². The molecule has 0 N–H and O–H groups in total. The smallest absolute Gasteiger partial charge is 0.163 e. The zero-order valence-electron chi connectivity index (χ0n) is 10.5. The molecule has 1 aliphatic heterocycles. The highest BCUT2D eigenvalue weighted by molar-refractivity contribution is 9.10. The first-order valence-corrected chi connectivity index (χ1v) is 6.30. The number of hydrogen-bond donors (Lipinski definition) is 0. The maximum atomic E-state index is 5.49. The number of halogens is 1. The molecule has 1 atom stereocenters. The summed E-state index contributed by atoms with van der Waals surface area (Å²) < 4.78 is 6.56. The summed E-state index contributed by atoms with van der Waals surface area (Å²) in [6, 6.07) is 6.14. The summed E-state index contributed by atoms with van der Waals surface area (Å²) in [5.41, 5.74) is 2.65. The first-order chi connectivity index (χ1) is 7.95. The van der Waals surface area contributed by atoms with E-state index >= 15 is 0 Å². The lowest BCUT2D eigenvalue weighted by molar-refractivity contribution is -0.0614. The SMILES string of the molecule is COC1C(c2ccc(C)c(Br)c2)=NOC1(C)C. The Morgan fingerprint density at radius 2 is 2.12 bits per heavy atom. The summed E-state index contributed by atoms with van der Waals surface area (Å²) >= 11 is 3.53. The van der Waals surface area contributed by atoms with Crippen LogP contribution < -0.4 is 0 Å². The number of rotatable bonds is 2. The van der Waals surface area contributed by atoms with Gasteiger partial charge < -0.3 is 9.57 Å². The molecule has 0 fully saturated rings. The van der Waals surface area contributed by atoms with Crippen molar-refractivity contribution in [3.05, 3.63) is 33.8 Å². The van der Waals surface area contributed by atoms with Crippen LogP contribution in [0.5, 0.6) is 0 Å². The van der Waals surface area contributed by atoms with Crippen LogP contribution in [-0.4, -0.2) is 24.5 Å². The van der Waals surface area contributed by atoms with Gasteiger partial charge in [-0.1, -0.05) is 33.2 Å². The van der Waals surface area contributed by atoms with Crippen LogP contribution in [-0.2, 0) is 9.57 Å². The minimum atomic E-state index is -0.415. The molecule has 0 radical (unpaired) electrons. The molecule has 1 unspecified atom stereocenters. The number of aryl methyl sites for hydroxylation is 1. The Hall–Kier alpha value is -0.870. The molecule has 2 rings (SSSR count). The van der Waals surface area contributed by atoms with E-state index in [1.807, 2.05) is 26.0 Å². The molecule has 17 heavy (non-hydrogen) atoms. The van der Waals surface area contributed by atoms with Gasteiger partial charge in [0.05, 0.1) is 0 Å². The van der Waals surface area contributed by atoms with Crippen molar-refractivity contribution in [3.8, 4) is 0 Å². The third-order valence-electron chi connectivity index (χ3n) is 2.96. The summed E-state index contributed by atoms with van der Waals surface area (Å²) in [4.78, 5) is 5.43. The Labute approximate surface area is 110 Å². The van der Waals surface area contributed by atoms with Gasteiger partial charge in [0.2, 0.25) is 0 Å². The molecule has 92 valence electrons. The quantitative estimate of drug-likeness (QED) is 0.839. The van der Waals surface area contributed by atoms with Gasteiger partial charge in [-0.25, -0.2) is 0 Å². The molecule has 1 heterocycles. The van der Waals surface area contributed by atoms with E-state index < -0.39 is 5.60 Å². The predicted octanol–water partition coefficient (Wildman–Crippen LogP) is 3.29. The van der Waals surface area contributed by atoms with Gasteiger partial charge in [-0.2, -0.15) is 0 Å². The van der Waals surface area contributed by atoms with E-state index in [-0.39, 0.29) is 6.10 Å². The molecule has 1 aliphatic rings. The first kappa shape index (κ1) is 12.6. The minimum absolute atomic E-state index is 0.142. The standard InChI is InChI=1S/C13H16BrNO2/c1-8-5-6-9(7-10(8)14)11-12(16-4)13(2,3)17-15-11/h5-7,12H,1-4H3. The lowest BCUT2D eigenvalue weighted by Crippen LogP contribution is -2.39. The van der Waals surface area contributed by atoms with Crippen molar-refractivity contribution in [1.29, 1.82) is 0 Å². The maximum absolute atomic E-state index is 5.49. The van der Waals surface area contributed by atoms with Gasteiger partial charge in [0.15, 0.2) is 5.60 Å². The minimum Gasteiger partial charge on any atom is -0.386 e.